The maximum atomic E-state index is 12.5. The maximum Gasteiger partial charge on any atom is 0.356 e. The molecule has 6 nitrogen and oxygen atoms in total. The average molecular weight is 474 g/mol. The van der Waals surface area contributed by atoms with E-state index in [0.717, 1.165) is 16.7 Å². The monoisotopic (exact) mass is 473 g/mol. The van der Waals surface area contributed by atoms with Crippen LogP contribution in [0.4, 0.5) is 0 Å². The van der Waals surface area contributed by atoms with E-state index in [1.165, 1.54) is 0 Å². The minimum atomic E-state index is -3.20. The quantitative estimate of drug-likeness (QED) is 0.247. The number of nitrogens with zero attached hydrogens (tertiary/aromatic N) is 1. The predicted molar refractivity (Wildman–Crippen MR) is 132 cm³/mol. The van der Waals surface area contributed by atoms with Crippen LogP contribution in [0, 0.1) is 11.8 Å². The van der Waals surface area contributed by atoms with Crippen LogP contribution in [-0.4, -0.2) is 44.7 Å². The summed E-state index contributed by atoms with van der Waals surface area (Å²) in [5.74, 6) is 6.09. The van der Waals surface area contributed by atoms with Crippen molar-refractivity contribution < 1.29 is 23.1 Å². The van der Waals surface area contributed by atoms with Gasteiger partial charge in [-0.1, -0.05) is 60.5 Å². The highest BCUT2D eigenvalue weighted by Gasteiger charge is 2.23. The molecule has 1 atom stereocenters. The van der Waals surface area contributed by atoms with E-state index in [1.54, 1.807) is 13.8 Å². The van der Waals surface area contributed by atoms with Crippen LogP contribution in [0.1, 0.15) is 43.5 Å². The summed E-state index contributed by atoms with van der Waals surface area (Å²) in [6.07, 6.45) is -0.0647. The highest BCUT2D eigenvalue weighted by Crippen LogP contribution is 2.47. The summed E-state index contributed by atoms with van der Waals surface area (Å²) in [6.45, 7) is 8.16. The topological polar surface area (TPSA) is 57.2 Å². The lowest BCUT2D eigenvalue weighted by Gasteiger charge is -2.27. The molecule has 180 valence electrons. The van der Waals surface area contributed by atoms with Crippen molar-refractivity contribution in [3.63, 3.8) is 0 Å². The fraction of sp³-hybridized carbons (Fsp3) is 0.462. The SMILES string of the molecule is CC#CCN(C)C(COCc1ccccc1)c1ccc(COCP(=O)(OCC)OCC)cc1. The predicted octanol–water partition coefficient (Wildman–Crippen LogP) is 5.64. The Kier molecular flexibility index (Phi) is 12.4. The Morgan fingerprint density at radius 1 is 0.909 bits per heavy atom. The third-order valence-corrected chi connectivity index (χ3v) is 6.76. The zero-order valence-corrected chi connectivity index (χ0v) is 21.1. The molecular formula is C26H36NO5P. The van der Waals surface area contributed by atoms with E-state index in [9.17, 15) is 4.57 Å². The molecule has 2 rings (SSSR count). The molecule has 33 heavy (non-hydrogen) atoms. The van der Waals surface area contributed by atoms with Gasteiger partial charge in [0.25, 0.3) is 0 Å². The van der Waals surface area contributed by atoms with Crippen LogP contribution in [0.2, 0.25) is 0 Å². The summed E-state index contributed by atoms with van der Waals surface area (Å²) < 4.78 is 34.7. The van der Waals surface area contributed by atoms with Crippen LogP contribution in [0.3, 0.4) is 0 Å². The van der Waals surface area contributed by atoms with Gasteiger partial charge < -0.3 is 18.5 Å². The Morgan fingerprint density at radius 3 is 2.12 bits per heavy atom. The second-order valence-corrected chi connectivity index (χ2v) is 9.52. The summed E-state index contributed by atoms with van der Waals surface area (Å²) in [4.78, 5) is 2.19. The smallest absolute Gasteiger partial charge is 0.356 e. The second-order valence-electron chi connectivity index (χ2n) is 7.52. The first-order valence-electron chi connectivity index (χ1n) is 11.3. The molecular weight excluding hydrogens is 437 g/mol. The Labute approximate surface area is 198 Å². The van der Waals surface area contributed by atoms with Crippen LogP contribution in [-0.2, 0) is 36.3 Å². The van der Waals surface area contributed by atoms with Crippen LogP contribution < -0.4 is 0 Å². The van der Waals surface area contributed by atoms with Gasteiger partial charge in [0.2, 0.25) is 0 Å². The molecule has 0 aliphatic rings. The van der Waals surface area contributed by atoms with Gasteiger partial charge >= 0.3 is 7.60 Å². The fourth-order valence-electron chi connectivity index (χ4n) is 3.27. The number of benzene rings is 2. The summed E-state index contributed by atoms with van der Waals surface area (Å²) in [7, 11) is -1.15. The van der Waals surface area contributed by atoms with Crippen LogP contribution >= 0.6 is 7.60 Å². The number of hydrogen-bond acceptors (Lipinski definition) is 6. The van der Waals surface area contributed by atoms with E-state index in [1.807, 2.05) is 37.3 Å². The van der Waals surface area contributed by atoms with Gasteiger partial charge in [0.15, 0.2) is 0 Å². The van der Waals surface area contributed by atoms with Gasteiger partial charge in [-0.25, -0.2) is 0 Å². The van der Waals surface area contributed by atoms with Crippen molar-refractivity contribution in [2.24, 2.45) is 0 Å². The number of ether oxygens (including phenoxy) is 2. The molecule has 0 N–H and O–H groups in total. The Hall–Kier alpha value is -1.97. The Morgan fingerprint density at radius 2 is 1.52 bits per heavy atom. The molecule has 0 saturated carbocycles. The lowest BCUT2D eigenvalue weighted by atomic mass is 10.0. The zero-order valence-electron chi connectivity index (χ0n) is 20.2. The lowest BCUT2D eigenvalue weighted by molar-refractivity contribution is 0.0643. The Bertz CT molecular complexity index is 898. The molecule has 0 heterocycles. The largest absolute Gasteiger partial charge is 0.375 e. The maximum absolute atomic E-state index is 12.5. The summed E-state index contributed by atoms with van der Waals surface area (Å²) in [5, 5.41) is 0. The third-order valence-electron chi connectivity index (χ3n) is 4.96. The van der Waals surface area contributed by atoms with Crippen molar-refractivity contribution in [1.29, 1.82) is 0 Å². The molecule has 0 aliphatic carbocycles. The number of likely N-dealkylation sites (N-methyl/N-ethyl adjacent to an activating group) is 1. The molecule has 0 aromatic heterocycles. The van der Waals surface area contributed by atoms with Gasteiger partial charge in [0, 0.05) is 0 Å². The number of rotatable bonds is 15. The molecule has 0 amide bonds. The molecule has 1 unspecified atom stereocenters. The molecule has 2 aromatic carbocycles. The molecule has 0 bridgehead atoms. The molecule has 0 aliphatic heterocycles. The molecule has 0 saturated heterocycles. The molecule has 7 heteroatoms. The van der Waals surface area contributed by atoms with Crippen molar-refractivity contribution in [2.45, 2.75) is 40.0 Å². The molecule has 0 spiro atoms. The van der Waals surface area contributed by atoms with Crippen molar-refractivity contribution in [1.82, 2.24) is 4.90 Å². The van der Waals surface area contributed by atoms with Gasteiger partial charge in [0.05, 0.1) is 45.6 Å². The van der Waals surface area contributed by atoms with Crippen molar-refractivity contribution in [2.75, 3.05) is 39.8 Å². The van der Waals surface area contributed by atoms with E-state index in [-0.39, 0.29) is 12.4 Å². The van der Waals surface area contributed by atoms with Gasteiger partial charge in [-0.05, 0) is 44.5 Å². The first-order valence-corrected chi connectivity index (χ1v) is 13.0. The first kappa shape index (κ1) is 27.3. The third kappa shape index (κ3) is 9.81. The van der Waals surface area contributed by atoms with Crippen LogP contribution in [0.15, 0.2) is 54.6 Å². The van der Waals surface area contributed by atoms with E-state index in [2.05, 4.69) is 48.1 Å². The van der Waals surface area contributed by atoms with Gasteiger partial charge in [0.1, 0.15) is 6.35 Å². The normalized spacial score (nSPS) is 12.4. The van der Waals surface area contributed by atoms with E-state index in [4.69, 9.17) is 18.5 Å². The molecule has 2 aromatic rings. The van der Waals surface area contributed by atoms with E-state index >= 15 is 0 Å². The summed E-state index contributed by atoms with van der Waals surface area (Å²) in [6, 6.07) is 18.4. The summed E-state index contributed by atoms with van der Waals surface area (Å²) >= 11 is 0. The second kappa shape index (κ2) is 15.0. The minimum Gasteiger partial charge on any atom is -0.375 e. The minimum absolute atomic E-state index is 0.0647. The average Bonchev–Trinajstić information content (AvgIpc) is 2.82. The molecule has 0 fully saturated rings. The molecule has 0 radical (unpaired) electrons. The fourth-order valence-corrected chi connectivity index (χ4v) is 4.60. The van der Waals surface area contributed by atoms with Gasteiger partial charge in [-0.3, -0.25) is 9.46 Å². The van der Waals surface area contributed by atoms with Crippen molar-refractivity contribution >= 4 is 7.60 Å². The van der Waals surface area contributed by atoms with Gasteiger partial charge in [-0.2, -0.15) is 0 Å². The van der Waals surface area contributed by atoms with Gasteiger partial charge in [-0.15, -0.1) is 5.92 Å². The number of hydrogen-bond donors (Lipinski definition) is 0. The van der Waals surface area contributed by atoms with Crippen molar-refractivity contribution in [3.8, 4) is 11.8 Å². The highest BCUT2D eigenvalue weighted by atomic mass is 31.2. The standard InChI is InChI=1S/C26H36NO5P/c1-5-8-18-27(4)26(21-29-19-23-12-10-9-11-13-23)25-16-14-24(15-17-25)20-30-22-33(28,31-6-2)32-7-3/h9-17,26H,6-7,18-22H2,1-4H3. The van der Waals surface area contributed by atoms with Crippen LogP contribution in [0.25, 0.3) is 0 Å². The lowest BCUT2D eigenvalue weighted by Crippen LogP contribution is -2.28. The summed E-state index contributed by atoms with van der Waals surface area (Å²) in [5.41, 5.74) is 3.27. The highest BCUT2D eigenvalue weighted by molar-refractivity contribution is 7.53. The Balaban J connectivity index is 1.98. The van der Waals surface area contributed by atoms with Crippen LogP contribution in [0.5, 0.6) is 0 Å². The first-order chi connectivity index (χ1) is 16.0. The van der Waals surface area contributed by atoms with Crippen molar-refractivity contribution in [3.05, 3.63) is 71.3 Å². The zero-order chi connectivity index (χ0) is 23.9. The van der Waals surface area contributed by atoms with E-state index in [0.29, 0.717) is 39.6 Å². The van der Waals surface area contributed by atoms with E-state index < -0.39 is 7.60 Å².